The van der Waals surface area contributed by atoms with Gasteiger partial charge in [-0.25, -0.2) is 10.2 Å². The van der Waals surface area contributed by atoms with Gasteiger partial charge in [0, 0.05) is 10.0 Å². The number of methoxy groups -OCH3 is 2. The Kier molecular flexibility index (Phi) is 8.60. The number of benzene rings is 4. The fraction of sp³-hybridized carbons (Fsp3) is 0.138. The summed E-state index contributed by atoms with van der Waals surface area (Å²) in [5, 5.41) is 5.83. The summed E-state index contributed by atoms with van der Waals surface area (Å²) in [4.78, 5) is 25.5. The molecule has 38 heavy (non-hydrogen) atoms. The van der Waals surface area contributed by atoms with Crippen LogP contribution in [-0.2, 0) is 4.79 Å². The molecule has 0 aliphatic rings. The molecule has 1 N–H and O–H groups in total. The van der Waals surface area contributed by atoms with E-state index in [9.17, 15) is 9.59 Å². The van der Waals surface area contributed by atoms with Crippen LogP contribution in [0, 0.1) is 0 Å². The molecule has 0 unspecified atom stereocenters. The van der Waals surface area contributed by atoms with Gasteiger partial charge in [-0.3, -0.25) is 4.79 Å². The van der Waals surface area contributed by atoms with Gasteiger partial charge in [0.2, 0.25) is 0 Å². The predicted octanol–water partition coefficient (Wildman–Crippen LogP) is 5.76. The fourth-order valence-corrected chi connectivity index (χ4v) is 3.91. The molecule has 4 rings (SSSR count). The molecule has 0 saturated heterocycles. The summed E-state index contributed by atoms with van der Waals surface area (Å²) in [6.07, 6.45) is 0.660. The molecule has 194 valence electrons. The zero-order chi connectivity index (χ0) is 27.1. The first kappa shape index (κ1) is 26.7. The van der Waals surface area contributed by atoms with E-state index < -0.39 is 18.0 Å². The summed E-state index contributed by atoms with van der Waals surface area (Å²) in [6.45, 7) is 1.63. The highest BCUT2D eigenvalue weighted by atomic mass is 79.9. The van der Waals surface area contributed by atoms with Gasteiger partial charge in [-0.15, -0.1) is 0 Å². The Hall–Kier alpha value is -4.37. The molecule has 0 radical (unpaired) electrons. The van der Waals surface area contributed by atoms with Crippen molar-refractivity contribution < 1.29 is 28.5 Å². The van der Waals surface area contributed by atoms with Gasteiger partial charge < -0.3 is 18.9 Å². The number of esters is 1. The van der Waals surface area contributed by atoms with Crippen molar-refractivity contribution in [1.29, 1.82) is 0 Å². The fourth-order valence-electron chi connectivity index (χ4n) is 3.64. The van der Waals surface area contributed by atoms with Crippen LogP contribution in [0.5, 0.6) is 23.0 Å². The lowest BCUT2D eigenvalue weighted by Crippen LogP contribution is -2.33. The molecule has 4 aromatic carbocycles. The number of carbonyl (C=O) groups excluding carboxylic acids is 2. The minimum Gasteiger partial charge on any atom is -0.493 e. The summed E-state index contributed by atoms with van der Waals surface area (Å²) >= 11 is 3.36. The van der Waals surface area contributed by atoms with Gasteiger partial charge in [0.15, 0.2) is 17.6 Å². The topological polar surface area (TPSA) is 95.5 Å². The number of nitrogens with zero attached hydrogens (tertiary/aromatic N) is 1. The lowest BCUT2D eigenvalue weighted by Gasteiger charge is -2.13. The normalized spacial score (nSPS) is 11.7. The highest BCUT2D eigenvalue weighted by molar-refractivity contribution is 9.10. The summed E-state index contributed by atoms with van der Waals surface area (Å²) in [5.41, 5.74) is 3.30. The molecule has 0 bridgehead atoms. The first-order chi connectivity index (χ1) is 18.4. The molecule has 0 fully saturated rings. The van der Waals surface area contributed by atoms with Crippen molar-refractivity contribution in [1.82, 2.24) is 5.43 Å². The number of carbonyl (C=O) groups is 2. The van der Waals surface area contributed by atoms with Crippen molar-refractivity contribution in [3.8, 4) is 23.0 Å². The SMILES string of the molecule is COc1ccc(C(=O)Oc2ccc3ccccc3c2/C=N\NC(=O)[C@H](C)Oc2ccc(Br)cc2)cc1OC. The smallest absolute Gasteiger partial charge is 0.343 e. The second-order valence-electron chi connectivity index (χ2n) is 8.11. The summed E-state index contributed by atoms with van der Waals surface area (Å²) in [5.74, 6) is 0.713. The number of nitrogens with one attached hydrogen (secondary N) is 1. The Morgan fingerprint density at radius 1 is 0.895 bits per heavy atom. The molecule has 4 aromatic rings. The predicted molar refractivity (Wildman–Crippen MR) is 148 cm³/mol. The Morgan fingerprint density at radius 3 is 2.34 bits per heavy atom. The highest BCUT2D eigenvalue weighted by Crippen LogP contribution is 2.30. The number of rotatable bonds is 9. The second-order valence-corrected chi connectivity index (χ2v) is 9.02. The van der Waals surface area contributed by atoms with Crippen LogP contribution in [0.3, 0.4) is 0 Å². The second kappa shape index (κ2) is 12.2. The minimum atomic E-state index is -0.789. The van der Waals surface area contributed by atoms with E-state index in [1.54, 1.807) is 43.3 Å². The standard InChI is InChI=1S/C29H25BrN2O6/c1-18(37-22-12-10-21(30)11-13-22)28(33)32-31-17-24-23-7-5-4-6-19(23)8-14-25(24)38-29(34)20-9-15-26(35-2)27(16-20)36-3/h4-18H,1-3H3,(H,32,33)/b31-17-/t18-/m0/s1. The third-order valence-corrected chi connectivity index (χ3v) is 6.15. The zero-order valence-corrected chi connectivity index (χ0v) is 22.5. The maximum absolute atomic E-state index is 13.0. The number of amides is 1. The van der Waals surface area contributed by atoms with Gasteiger partial charge in [0.05, 0.1) is 26.0 Å². The molecule has 1 atom stereocenters. The summed E-state index contributed by atoms with van der Waals surface area (Å²) in [6, 6.07) is 23.0. The monoisotopic (exact) mass is 576 g/mol. The molecule has 0 spiro atoms. The largest absolute Gasteiger partial charge is 0.493 e. The number of ether oxygens (including phenoxy) is 4. The van der Waals surface area contributed by atoms with Crippen LogP contribution in [0.25, 0.3) is 10.8 Å². The van der Waals surface area contributed by atoms with Gasteiger partial charge in [0.25, 0.3) is 5.91 Å². The van der Waals surface area contributed by atoms with E-state index in [0.29, 0.717) is 22.8 Å². The van der Waals surface area contributed by atoms with Crippen LogP contribution in [0.1, 0.15) is 22.8 Å². The van der Waals surface area contributed by atoms with Crippen LogP contribution in [-0.4, -0.2) is 38.4 Å². The van der Waals surface area contributed by atoms with E-state index in [2.05, 4.69) is 26.5 Å². The molecular weight excluding hydrogens is 552 g/mol. The van der Waals surface area contributed by atoms with Crippen molar-refractivity contribution >= 4 is 44.8 Å². The summed E-state index contributed by atoms with van der Waals surface area (Å²) < 4.78 is 22.8. The molecule has 1 amide bonds. The van der Waals surface area contributed by atoms with Crippen molar-refractivity contribution in [3.05, 3.63) is 94.5 Å². The summed E-state index contributed by atoms with van der Waals surface area (Å²) in [7, 11) is 3.01. The van der Waals surface area contributed by atoms with Crippen LogP contribution >= 0.6 is 15.9 Å². The van der Waals surface area contributed by atoms with E-state index in [0.717, 1.165) is 15.2 Å². The molecule has 8 nitrogen and oxygen atoms in total. The molecular formula is C29H25BrN2O6. The number of halogens is 1. The van der Waals surface area contributed by atoms with E-state index in [1.807, 2.05) is 42.5 Å². The van der Waals surface area contributed by atoms with Gasteiger partial charge in [-0.05, 0) is 66.2 Å². The van der Waals surface area contributed by atoms with Crippen molar-refractivity contribution in [2.45, 2.75) is 13.0 Å². The third-order valence-electron chi connectivity index (χ3n) is 5.62. The Bertz CT molecular complexity index is 1490. The van der Waals surface area contributed by atoms with E-state index >= 15 is 0 Å². The number of hydrogen-bond acceptors (Lipinski definition) is 7. The molecule has 0 heterocycles. The Balaban J connectivity index is 1.54. The van der Waals surface area contributed by atoms with E-state index in [-0.39, 0.29) is 11.3 Å². The van der Waals surface area contributed by atoms with Crippen LogP contribution in [0.4, 0.5) is 0 Å². The van der Waals surface area contributed by atoms with Crippen molar-refractivity contribution in [3.63, 3.8) is 0 Å². The lowest BCUT2D eigenvalue weighted by atomic mass is 10.0. The van der Waals surface area contributed by atoms with Gasteiger partial charge in [0.1, 0.15) is 11.5 Å². The Morgan fingerprint density at radius 2 is 1.61 bits per heavy atom. The van der Waals surface area contributed by atoms with Crippen LogP contribution < -0.4 is 24.4 Å². The number of fused-ring (bicyclic) bond motifs is 1. The number of hydrazone groups is 1. The maximum atomic E-state index is 13.0. The lowest BCUT2D eigenvalue weighted by molar-refractivity contribution is -0.127. The van der Waals surface area contributed by atoms with Gasteiger partial charge in [-0.2, -0.15) is 5.10 Å². The minimum absolute atomic E-state index is 0.278. The molecule has 0 aliphatic heterocycles. The molecule has 9 heteroatoms. The quantitative estimate of drug-likeness (QED) is 0.118. The third kappa shape index (κ3) is 6.30. The first-order valence-electron chi connectivity index (χ1n) is 11.6. The number of hydrogen-bond donors (Lipinski definition) is 1. The van der Waals surface area contributed by atoms with Gasteiger partial charge in [-0.1, -0.05) is 46.3 Å². The molecule has 0 aliphatic carbocycles. The molecule has 0 saturated carbocycles. The average molecular weight is 577 g/mol. The van der Waals surface area contributed by atoms with Crippen molar-refractivity contribution in [2.75, 3.05) is 14.2 Å². The first-order valence-corrected chi connectivity index (χ1v) is 12.4. The van der Waals surface area contributed by atoms with E-state index in [4.69, 9.17) is 18.9 Å². The van der Waals surface area contributed by atoms with E-state index in [1.165, 1.54) is 20.4 Å². The average Bonchev–Trinajstić information content (AvgIpc) is 2.94. The maximum Gasteiger partial charge on any atom is 0.343 e. The van der Waals surface area contributed by atoms with Crippen LogP contribution in [0.2, 0.25) is 0 Å². The Labute approximate surface area is 228 Å². The van der Waals surface area contributed by atoms with Gasteiger partial charge >= 0.3 is 5.97 Å². The van der Waals surface area contributed by atoms with Crippen LogP contribution in [0.15, 0.2) is 88.4 Å². The molecule has 0 aromatic heterocycles. The highest BCUT2D eigenvalue weighted by Gasteiger charge is 2.17. The zero-order valence-electron chi connectivity index (χ0n) is 20.9. The van der Waals surface area contributed by atoms with Crippen molar-refractivity contribution in [2.24, 2.45) is 5.10 Å².